The van der Waals surface area contributed by atoms with Crippen molar-refractivity contribution < 1.29 is 4.74 Å². The van der Waals surface area contributed by atoms with Crippen LogP contribution >= 0.6 is 11.3 Å². The molecule has 0 spiro atoms. The lowest BCUT2D eigenvalue weighted by molar-refractivity contribution is 0.0548. The molecule has 0 atom stereocenters. The first-order chi connectivity index (χ1) is 13.4. The normalized spacial score (nSPS) is 19.9. The summed E-state index contributed by atoms with van der Waals surface area (Å²) in [6, 6.07) is 14.6. The van der Waals surface area contributed by atoms with Crippen LogP contribution in [0, 0.1) is 0 Å². The average molecular weight is 378 g/mol. The molecule has 1 aliphatic heterocycles. The van der Waals surface area contributed by atoms with Gasteiger partial charge in [0.25, 0.3) is 0 Å². The summed E-state index contributed by atoms with van der Waals surface area (Å²) in [6.07, 6.45) is 8.09. The van der Waals surface area contributed by atoms with Crippen LogP contribution in [0.4, 0.5) is 0 Å². The molecule has 1 aromatic heterocycles. The van der Waals surface area contributed by atoms with Crippen LogP contribution in [0.5, 0.6) is 0 Å². The van der Waals surface area contributed by atoms with Gasteiger partial charge in [-0.2, -0.15) is 10.2 Å². The molecule has 4 nitrogen and oxygen atoms in total. The van der Waals surface area contributed by atoms with Crippen LogP contribution in [0.2, 0.25) is 0 Å². The van der Waals surface area contributed by atoms with Gasteiger partial charge >= 0.3 is 0 Å². The third-order valence-corrected chi connectivity index (χ3v) is 5.56. The van der Waals surface area contributed by atoms with Crippen LogP contribution in [-0.2, 0) is 4.74 Å². The molecule has 0 bridgehead atoms. The summed E-state index contributed by atoms with van der Waals surface area (Å²) in [6.45, 7) is 3.42. The summed E-state index contributed by atoms with van der Waals surface area (Å²) < 4.78 is 5.55. The van der Waals surface area contributed by atoms with Gasteiger partial charge in [0.2, 0.25) is 0 Å². The van der Waals surface area contributed by atoms with Gasteiger partial charge < -0.3 is 9.64 Å². The van der Waals surface area contributed by atoms with E-state index in [0.717, 1.165) is 44.0 Å². The second kappa shape index (κ2) is 8.93. The van der Waals surface area contributed by atoms with Crippen molar-refractivity contribution in [3.05, 3.63) is 75.1 Å². The fourth-order valence-electron chi connectivity index (χ4n) is 3.48. The minimum Gasteiger partial charge on any atom is -0.378 e. The molecule has 2 aromatic rings. The first-order valence-electron chi connectivity index (χ1n) is 9.32. The molecule has 1 aromatic carbocycles. The maximum Gasteiger partial charge on any atom is 0.0667 e. The number of hydrogen-bond acceptors (Lipinski definition) is 5. The van der Waals surface area contributed by atoms with E-state index in [-0.39, 0.29) is 0 Å². The van der Waals surface area contributed by atoms with Crippen LogP contribution in [0.3, 0.4) is 0 Å². The number of hydrogen-bond donors (Lipinski definition) is 0. The van der Waals surface area contributed by atoms with E-state index in [2.05, 4.69) is 51.5 Å². The van der Waals surface area contributed by atoms with E-state index in [1.165, 1.54) is 22.4 Å². The number of rotatable bonds is 5. The number of benzene rings is 1. The topological polar surface area (TPSA) is 37.2 Å². The number of allylic oxidation sites excluding steroid dienone is 2. The molecular formula is C22H23N3OS. The van der Waals surface area contributed by atoms with E-state index in [4.69, 9.17) is 4.74 Å². The fourth-order valence-corrected chi connectivity index (χ4v) is 4.06. The summed E-state index contributed by atoms with van der Waals surface area (Å²) in [5, 5.41) is 10.6. The number of ether oxygens (including phenoxy) is 1. The van der Waals surface area contributed by atoms with E-state index in [1.807, 2.05) is 29.9 Å². The molecule has 0 N–H and O–H groups in total. The van der Waals surface area contributed by atoms with Gasteiger partial charge in [0, 0.05) is 23.7 Å². The maximum absolute atomic E-state index is 5.55. The Bertz CT molecular complexity index is 860. The van der Waals surface area contributed by atoms with Crippen molar-refractivity contribution in [2.24, 2.45) is 10.2 Å². The summed E-state index contributed by atoms with van der Waals surface area (Å²) in [4.78, 5) is 3.56. The first-order valence-corrected chi connectivity index (χ1v) is 10.2. The first kappa shape index (κ1) is 17.9. The van der Waals surface area contributed by atoms with Crippen molar-refractivity contribution in [3.63, 3.8) is 0 Å². The lowest BCUT2D eigenvalue weighted by Crippen LogP contribution is -2.36. The molecule has 1 fully saturated rings. The zero-order chi connectivity index (χ0) is 18.3. The van der Waals surface area contributed by atoms with E-state index < -0.39 is 0 Å². The summed E-state index contributed by atoms with van der Waals surface area (Å²) in [5.74, 6) is 0. The Morgan fingerprint density at radius 2 is 1.74 bits per heavy atom. The summed E-state index contributed by atoms with van der Waals surface area (Å²) >= 11 is 1.66. The van der Waals surface area contributed by atoms with Crippen LogP contribution in [0.1, 0.15) is 23.3 Å². The molecule has 1 saturated heterocycles. The predicted octanol–water partition coefficient (Wildman–Crippen LogP) is 4.62. The molecule has 0 saturated carbocycles. The average Bonchev–Trinajstić information content (AvgIpc) is 3.37. The number of morpholine rings is 1. The predicted molar refractivity (Wildman–Crippen MR) is 113 cm³/mol. The molecule has 0 unspecified atom stereocenters. The molecule has 1 aliphatic carbocycles. The summed E-state index contributed by atoms with van der Waals surface area (Å²) in [7, 11) is 0. The Balaban J connectivity index is 1.60. The molecule has 27 heavy (non-hydrogen) atoms. The van der Waals surface area contributed by atoms with Gasteiger partial charge in [-0.05, 0) is 47.1 Å². The van der Waals surface area contributed by atoms with Crippen molar-refractivity contribution in [3.8, 4) is 0 Å². The molecule has 5 heteroatoms. The van der Waals surface area contributed by atoms with Crippen molar-refractivity contribution in [2.45, 2.75) is 12.8 Å². The van der Waals surface area contributed by atoms with E-state index >= 15 is 0 Å². The van der Waals surface area contributed by atoms with Crippen LogP contribution in [0.25, 0.3) is 6.08 Å². The van der Waals surface area contributed by atoms with Gasteiger partial charge in [-0.25, -0.2) is 0 Å². The minimum atomic E-state index is 0.781. The number of nitrogens with zero attached hydrogens (tertiary/aromatic N) is 3. The largest absolute Gasteiger partial charge is 0.378 e. The Morgan fingerprint density at radius 3 is 2.52 bits per heavy atom. The minimum absolute atomic E-state index is 0.781. The highest BCUT2D eigenvalue weighted by atomic mass is 32.1. The SMILES string of the molecule is C(=NN=Cc1cccs1)C1=C(N2CCOCC2)C(=Cc2ccccc2)CC1. The van der Waals surface area contributed by atoms with Crippen LogP contribution < -0.4 is 0 Å². The second-order valence-corrected chi connectivity index (χ2v) is 7.54. The van der Waals surface area contributed by atoms with Gasteiger partial charge in [0.1, 0.15) is 0 Å². The Hall–Kier alpha value is -2.50. The van der Waals surface area contributed by atoms with Crippen molar-refractivity contribution in [1.29, 1.82) is 0 Å². The monoisotopic (exact) mass is 377 g/mol. The quantitative estimate of drug-likeness (QED) is 0.563. The van der Waals surface area contributed by atoms with Crippen molar-refractivity contribution in [2.75, 3.05) is 26.3 Å². The molecule has 4 rings (SSSR count). The lowest BCUT2D eigenvalue weighted by atomic mass is 10.1. The van der Waals surface area contributed by atoms with Crippen LogP contribution in [0.15, 0.2) is 74.9 Å². The Labute approximate surface area is 164 Å². The molecule has 0 amide bonds. The highest BCUT2D eigenvalue weighted by molar-refractivity contribution is 7.11. The van der Waals surface area contributed by atoms with E-state index in [1.54, 1.807) is 11.3 Å². The molecule has 0 radical (unpaired) electrons. The van der Waals surface area contributed by atoms with Gasteiger partial charge in [0.05, 0.1) is 25.6 Å². The zero-order valence-corrected chi connectivity index (χ0v) is 16.1. The summed E-state index contributed by atoms with van der Waals surface area (Å²) in [5.41, 5.74) is 5.21. The van der Waals surface area contributed by atoms with Crippen molar-refractivity contribution in [1.82, 2.24) is 4.90 Å². The molecule has 2 heterocycles. The smallest absolute Gasteiger partial charge is 0.0667 e. The van der Waals surface area contributed by atoms with Gasteiger partial charge in [-0.15, -0.1) is 11.3 Å². The third kappa shape index (κ3) is 4.62. The maximum atomic E-state index is 5.55. The van der Waals surface area contributed by atoms with Gasteiger partial charge in [0.15, 0.2) is 0 Å². The van der Waals surface area contributed by atoms with Gasteiger partial charge in [-0.3, -0.25) is 0 Å². The Morgan fingerprint density at radius 1 is 0.926 bits per heavy atom. The Kier molecular flexibility index (Phi) is 5.92. The lowest BCUT2D eigenvalue weighted by Gasteiger charge is -2.31. The zero-order valence-electron chi connectivity index (χ0n) is 15.3. The third-order valence-electron chi connectivity index (χ3n) is 4.75. The molecule has 138 valence electrons. The molecule has 2 aliphatic rings. The molecular weight excluding hydrogens is 354 g/mol. The highest BCUT2D eigenvalue weighted by Gasteiger charge is 2.25. The van der Waals surface area contributed by atoms with Crippen LogP contribution in [-0.4, -0.2) is 43.6 Å². The standard InChI is InChI=1S/C22H23N3OS/c1-2-5-18(6-3-1)15-19-8-9-20(22(19)25-10-12-26-13-11-25)16-23-24-17-21-7-4-14-27-21/h1-7,14-17H,8-13H2. The van der Waals surface area contributed by atoms with E-state index in [0.29, 0.717) is 0 Å². The van der Waals surface area contributed by atoms with E-state index in [9.17, 15) is 0 Å². The second-order valence-electron chi connectivity index (χ2n) is 6.56. The highest BCUT2D eigenvalue weighted by Crippen LogP contribution is 2.35. The van der Waals surface area contributed by atoms with Gasteiger partial charge in [-0.1, -0.05) is 36.4 Å². The number of thiophene rings is 1. The van der Waals surface area contributed by atoms with Crippen molar-refractivity contribution >= 4 is 29.8 Å². The fraction of sp³-hybridized carbons (Fsp3) is 0.273.